The molecule has 1 fully saturated rings. The first kappa shape index (κ1) is 15.4. The smallest absolute Gasteiger partial charge is 0.275 e. The summed E-state index contributed by atoms with van der Waals surface area (Å²) in [5, 5.41) is 5.39. The van der Waals surface area contributed by atoms with Gasteiger partial charge in [-0.15, -0.1) is 0 Å². The number of rotatable bonds is 1. The lowest BCUT2D eigenvalue weighted by Gasteiger charge is -2.42. The lowest BCUT2D eigenvalue weighted by atomic mass is 9.87. The Morgan fingerprint density at radius 2 is 2.00 bits per heavy atom. The summed E-state index contributed by atoms with van der Waals surface area (Å²) >= 11 is 0. The molecular weight excluding hydrogens is 302 g/mol. The van der Waals surface area contributed by atoms with Crippen molar-refractivity contribution in [2.45, 2.75) is 31.8 Å². The average molecular weight is 325 g/mol. The van der Waals surface area contributed by atoms with Crippen molar-refractivity contribution < 1.29 is 9.53 Å². The van der Waals surface area contributed by atoms with Gasteiger partial charge in [0, 0.05) is 25.5 Å². The highest BCUT2D eigenvalue weighted by Gasteiger charge is 2.37. The fourth-order valence-electron chi connectivity index (χ4n) is 3.88. The van der Waals surface area contributed by atoms with Crippen LogP contribution in [0.3, 0.4) is 0 Å². The van der Waals surface area contributed by atoms with E-state index in [2.05, 4.69) is 18.1 Å². The van der Waals surface area contributed by atoms with Crippen molar-refractivity contribution in [1.29, 1.82) is 0 Å². The Morgan fingerprint density at radius 3 is 2.75 bits per heavy atom. The molecule has 0 radical (unpaired) electrons. The van der Waals surface area contributed by atoms with Crippen molar-refractivity contribution in [3.05, 3.63) is 41.6 Å². The Bertz CT molecular complexity index is 813. The number of nitrogens with zero attached hydrogens (tertiary/aromatic N) is 3. The standard InChI is InChI=1S/C19H23N3O2/c1-14-7-12-24-19(13-14)8-10-22(11-9-19)18(23)17-15-5-3-4-6-16(15)21(2)20-17/h3-6,13H,7-12H2,1-2H3. The number of ether oxygens (including phenoxy) is 1. The van der Waals surface area contributed by atoms with Gasteiger partial charge in [-0.1, -0.05) is 29.8 Å². The molecule has 0 bridgehead atoms. The van der Waals surface area contributed by atoms with Gasteiger partial charge in [-0.3, -0.25) is 9.48 Å². The number of piperidine rings is 1. The molecule has 5 nitrogen and oxygen atoms in total. The molecule has 3 heterocycles. The minimum Gasteiger partial charge on any atom is -0.370 e. The van der Waals surface area contributed by atoms with Gasteiger partial charge in [0.2, 0.25) is 0 Å². The largest absolute Gasteiger partial charge is 0.370 e. The maximum atomic E-state index is 13.0. The molecule has 2 aliphatic rings. The van der Waals surface area contributed by atoms with Crippen LogP contribution in [0.4, 0.5) is 0 Å². The number of hydrogen-bond donors (Lipinski definition) is 0. The molecule has 0 aliphatic carbocycles. The van der Waals surface area contributed by atoms with Crippen molar-refractivity contribution in [3.63, 3.8) is 0 Å². The monoisotopic (exact) mass is 325 g/mol. The van der Waals surface area contributed by atoms with Gasteiger partial charge in [0.25, 0.3) is 5.91 Å². The van der Waals surface area contributed by atoms with Crippen molar-refractivity contribution in [3.8, 4) is 0 Å². The molecular formula is C19H23N3O2. The third kappa shape index (κ3) is 2.53. The van der Waals surface area contributed by atoms with Crippen LogP contribution >= 0.6 is 0 Å². The number of hydrogen-bond acceptors (Lipinski definition) is 3. The Labute approximate surface area is 141 Å². The molecule has 1 aromatic heterocycles. The molecule has 1 saturated heterocycles. The molecule has 1 aromatic carbocycles. The second-order valence-corrected chi connectivity index (χ2v) is 6.94. The van der Waals surface area contributed by atoms with Crippen molar-refractivity contribution in [1.82, 2.24) is 14.7 Å². The maximum Gasteiger partial charge on any atom is 0.275 e. The molecule has 0 unspecified atom stereocenters. The highest BCUT2D eigenvalue weighted by molar-refractivity contribution is 6.04. The Hall–Kier alpha value is -2.14. The van der Waals surface area contributed by atoms with Crippen molar-refractivity contribution in [2.24, 2.45) is 7.05 Å². The fraction of sp³-hybridized carbons (Fsp3) is 0.474. The first-order valence-electron chi connectivity index (χ1n) is 8.61. The van der Waals surface area contributed by atoms with Crippen LogP contribution < -0.4 is 0 Å². The van der Waals surface area contributed by atoms with Crippen LogP contribution in [0.2, 0.25) is 0 Å². The summed E-state index contributed by atoms with van der Waals surface area (Å²) < 4.78 is 7.83. The molecule has 1 spiro atoms. The SMILES string of the molecule is CC1=CC2(CCN(C(=O)c3nn(C)c4ccccc34)CC2)OCC1. The predicted octanol–water partition coefficient (Wildman–Crippen LogP) is 2.91. The molecule has 2 aliphatic heterocycles. The first-order chi connectivity index (χ1) is 11.6. The van der Waals surface area contributed by atoms with E-state index in [1.54, 1.807) is 4.68 Å². The van der Waals surface area contributed by atoms with Gasteiger partial charge in [0.1, 0.15) is 0 Å². The molecule has 5 heteroatoms. The highest BCUT2D eigenvalue weighted by Crippen LogP contribution is 2.33. The lowest BCUT2D eigenvalue weighted by Crippen LogP contribution is -2.48. The van der Waals surface area contributed by atoms with E-state index in [9.17, 15) is 4.79 Å². The third-order valence-corrected chi connectivity index (χ3v) is 5.25. The molecule has 1 amide bonds. The Morgan fingerprint density at radius 1 is 1.25 bits per heavy atom. The number of fused-ring (bicyclic) bond motifs is 1. The first-order valence-corrected chi connectivity index (χ1v) is 8.61. The van der Waals surface area contributed by atoms with Crippen LogP contribution in [0.5, 0.6) is 0 Å². The zero-order valence-electron chi connectivity index (χ0n) is 14.3. The van der Waals surface area contributed by atoms with Crippen LogP contribution in [0, 0.1) is 0 Å². The zero-order valence-corrected chi connectivity index (χ0v) is 14.3. The summed E-state index contributed by atoms with van der Waals surface area (Å²) in [6.07, 6.45) is 5.01. The molecule has 24 heavy (non-hydrogen) atoms. The van der Waals surface area contributed by atoms with Gasteiger partial charge in [-0.05, 0) is 32.3 Å². The quantitative estimate of drug-likeness (QED) is 0.758. The average Bonchev–Trinajstić information content (AvgIpc) is 2.92. The van der Waals surface area contributed by atoms with Gasteiger partial charge in [0.05, 0.1) is 17.7 Å². The Balaban J connectivity index is 1.55. The van der Waals surface area contributed by atoms with Crippen LogP contribution in [-0.2, 0) is 11.8 Å². The molecule has 126 valence electrons. The maximum absolute atomic E-state index is 13.0. The lowest BCUT2D eigenvalue weighted by molar-refractivity contribution is -0.0522. The van der Waals surface area contributed by atoms with E-state index in [1.807, 2.05) is 36.2 Å². The minimum atomic E-state index is -0.161. The summed E-state index contributed by atoms with van der Waals surface area (Å²) in [6.45, 7) is 4.39. The highest BCUT2D eigenvalue weighted by atomic mass is 16.5. The van der Waals surface area contributed by atoms with Crippen LogP contribution in [0.25, 0.3) is 10.9 Å². The number of para-hydroxylation sites is 1. The fourth-order valence-corrected chi connectivity index (χ4v) is 3.88. The number of carbonyl (C=O) groups excluding carboxylic acids is 1. The summed E-state index contributed by atoms with van der Waals surface area (Å²) in [7, 11) is 1.88. The predicted molar refractivity (Wildman–Crippen MR) is 92.9 cm³/mol. The van der Waals surface area contributed by atoms with Crippen LogP contribution in [0.1, 0.15) is 36.7 Å². The number of aromatic nitrogens is 2. The number of aryl methyl sites for hydroxylation is 1. The van der Waals surface area contributed by atoms with Gasteiger partial charge in [-0.25, -0.2) is 0 Å². The van der Waals surface area contributed by atoms with Crippen molar-refractivity contribution in [2.75, 3.05) is 19.7 Å². The number of carbonyl (C=O) groups is 1. The number of benzene rings is 1. The van der Waals surface area contributed by atoms with E-state index in [0.717, 1.165) is 36.8 Å². The molecule has 0 saturated carbocycles. The second-order valence-electron chi connectivity index (χ2n) is 6.94. The number of likely N-dealkylation sites (tertiary alicyclic amines) is 1. The molecule has 2 aromatic rings. The van der Waals surface area contributed by atoms with E-state index < -0.39 is 0 Å². The molecule has 4 rings (SSSR count). The van der Waals surface area contributed by atoms with E-state index in [4.69, 9.17) is 4.74 Å². The Kier molecular flexibility index (Phi) is 3.68. The zero-order chi connectivity index (χ0) is 16.7. The van der Waals surface area contributed by atoms with Crippen LogP contribution in [0.15, 0.2) is 35.9 Å². The summed E-state index contributed by atoms with van der Waals surface area (Å²) in [4.78, 5) is 14.9. The number of amides is 1. The van der Waals surface area contributed by atoms with Crippen LogP contribution in [-0.4, -0.2) is 45.9 Å². The minimum absolute atomic E-state index is 0.0261. The normalized spacial score (nSPS) is 20.4. The van der Waals surface area contributed by atoms with Gasteiger partial charge in [0.15, 0.2) is 5.69 Å². The summed E-state index contributed by atoms with van der Waals surface area (Å²) in [6, 6.07) is 7.89. The molecule has 0 N–H and O–H groups in total. The van der Waals surface area contributed by atoms with Gasteiger partial charge in [-0.2, -0.15) is 5.10 Å². The second kappa shape index (κ2) is 5.74. The van der Waals surface area contributed by atoms with E-state index >= 15 is 0 Å². The van der Waals surface area contributed by atoms with Crippen molar-refractivity contribution >= 4 is 16.8 Å². The van der Waals surface area contributed by atoms with E-state index in [0.29, 0.717) is 18.8 Å². The van der Waals surface area contributed by atoms with E-state index in [1.165, 1.54) is 5.57 Å². The van der Waals surface area contributed by atoms with E-state index in [-0.39, 0.29) is 11.5 Å². The summed E-state index contributed by atoms with van der Waals surface area (Å²) in [5.41, 5.74) is 2.78. The summed E-state index contributed by atoms with van der Waals surface area (Å²) in [5.74, 6) is 0.0261. The van der Waals surface area contributed by atoms with Gasteiger partial charge < -0.3 is 9.64 Å². The molecule has 0 atom stereocenters. The van der Waals surface area contributed by atoms with Gasteiger partial charge >= 0.3 is 0 Å². The third-order valence-electron chi connectivity index (χ3n) is 5.25. The topological polar surface area (TPSA) is 47.4 Å².